The fourth-order valence-electron chi connectivity index (χ4n) is 2.95. The Hall–Kier alpha value is -2.99. The van der Waals surface area contributed by atoms with Gasteiger partial charge in [0.1, 0.15) is 5.82 Å². The van der Waals surface area contributed by atoms with Gasteiger partial charge in [0.15, 0.2) is 0 Å². The van der Waals surface area contributed by atoms with Gasteiger partial charge in [0.05, 0.1) is 11.1 Å². The normalized spacial score (nSPS) is 11.6. The molecule has 0 fully saturated rings. The van der Waals surface area contributed by atoms with Crippen molar-refractivity contribution in [1.82, 2.24) is 10.3 Å². The molecular formula is C22H23FN2O3. The van der Waals surface area contributed by atoms with Crippen molar-refractivity contribution in [3.63, 3.8) is 0 Å². The van der Waals surface area contributed by atoms with Crippen LogP contribution in [0.3, 0.4) is 0 Å². The molecule has 6 heteroatoms. The zero-order valence-electron chi connectivity index (χ0n) is 15.9. The lowest BCUT2D eigenvalue weighted by molar-refractivity contribution is 0.0714. The minimum absolute atomic E-state index is 0.0649. The van der Waals surface area contributed by atoms with Crippen LogP contribution < -0.4 is 10.9 Å². The number of rotatable bonds is 6. The van der Waals surface area contributed by atoms with E-state index in [0.717, 1.165) is 5.56 Å². The number of carbonyl (C=O) groups excluding carboxylic acids is 1. The molecule has 2 aromatic carbocycles. The molecule has 1 amide bonds. The van der Waals surface area contributed by atoms with Gasteiger partial charge in [-0.1, -0.05) is 12.1 Å². The fourth-order valence-corrected chi connectivity index (χ4v) is 2.95. The third kappa shape index (κ3) is 5.04. The number of H-pyrrole nitrogens is 1. The number of fused-ring (bicyclic) bond motifs is 1. The molecule has 3 N–H and O–H groups in total. The highest BCUT2D eigenvalue weighted by Crippen LogP contribution is 2.15. The molecule has 1 heterocycles. The Morgan fingerprint density at radius 3 is 2.71 bits per heavy atom. The number of aromatic nitrogens is 1. The summed E-state index contributed by atoms with van der Waals surface area (Å²) in [6.45, 7) is 3.56. The van der Waals surface area contributed by atoms with Crippen molar-refractivity contribution in [2.45, 2.75) is 38.8 Å². The quantitative estimate of drug-likeness (QED) is 0.612. The average molecular weight is 382 g/mol. The fraction of sp³-hybridized carbons (Fsp3) is 0.273. The molecule has 5 nitrogen and oxygen atoms in total. The monoisotopic (exact) mass is 382 g/mol. The molecule has 0 radical (unpaired) electrons. The second-order valence-electron chi connectivity index (χ2n) is 7.55. The topological polar surface area (TPSA) is 82.2 Å². The minimum Gasteiger partial charge on any atom is -0.390 e. The van der Waals surface area contributed by atoms with Gasteiger partial charge in [0.25, 0.3) is 11.5 Å². The molecule has 1 aromatic heterocycles. The highest BCUT2D eigenvalue weighted by Gasteiger charge is 2.13. The Bertz CT molecular complexity index is 1070. The van der Waals surface area contributed by atoms with Gasteiger partial charge in [-0.2, -0.15) is 0 Å². The number of hydrogen-bond acceptors (Lipinski definition) is 3. The lowest BCUT2D eigenvalue weighted by atomic mass is 9.98. The summed E-state index contributed by atoms with van der Waals surface area (Å²) in [6, 6.07) is 13.0. The zero-order chi connectivity index (χ0) is 20.3. The number of aliphatic hydroxyl groups is 1. The lowest BCUT2D eigenvalue weighted by Crippen LogP contribution is -2.26. The maximum Gasteiger partial charge on any atom is 0.253 e. The third-order valence-electron chi connectivity index (χ3n) is 4.54. The summed E-state index contributed by atoms with van der Waals surface area (Å²) in [6.07, 6.45) is 1.25. The van der Waals surface area contributed by atoms with Crippen molar-refractivity contribution >= 4 is 16.8 Å². The predicted molar refractivity (Wildman–Crippen MR) is 107 cm³/mol. The Morgan fingerprint density at radius 2 is 1.96 bits per heavy atom. The number of nitrogens with one attached hydrogen (secondary N) is 2. The van der Waals surface area contributed by atoms with E-state index >= 15 is 0 Å². The van der Waals surface area contributed by atoms with Gasteiger partial charge >= 0.3 is 0 Å². The first-order valence-corrected chi connectivity index (χ1v) is 9.12. The van der Waals surface area contributed by atoms with Gasteiger partial charge in [-0.3, -0.25) is 9.59 Å². The van der Waals surface area contributed by atoms with Crippen LogP contribution in [0.25, 0.3) is 10.9 Å². The van der Waals surface area contributed by atoms with E-state index in [1.165, 1.54) is 12.1 Å². The van der Waals surface area contributed by atoms with Crippen LogP contribution in [0.1, 0.15) is 41.8 Å². The van der Waals surface area contributed by atoms with E-state index in [2.05, 4.69) is 10.3 Å². The van der Waals surface area contributed by atoms with Crippen molar-refractivity contribution in [3.05, 3.63) is 81.4 Å². The van der Waals surface area contributed by atoms with Crippen LogP contribution >= 0.6 is 0 Å². The Kier molecular flexibility index (Phi) is 5.61. The Labute approximate surface area is 162 Å². The van der Waals surface area contributed by atoms with Crippen LogP contribution in [0.5, 0.6) is 0 Å². The van der Waals surface area contributed by atoms with E-state index in [1.807, 2.05) is 6.07 Å². The number of aromatic amines is 1. The van der Waals surface area contributed by atoms with Crippen LogP contribution in [0, 0.1) is 5.82 Å². The molecule has 0 saturated heterocycles. The van der Waals surface area contributed by atoms with Crippen LogP contribution in [0.4, 0.5) is 4.39 Å². The number of benzene rings is 2. The SMILES string of the molecule is CC(C)(O)CCc1cccc(C(=O)NCc2cc3ccc(F)cc3[nH]c2=O)c1. The van der Waals surface area contributed by atoms with E-state index in [-0.39, 0.29) is 18.0 Å². The molecule has 3 aromatic rings. The van der Waals surface area contributed by atoms with Crippen molar-refractivity contribution in [2.75, 3.05) is 0 Å². The minimum atomic E-state index is -0.766. The molecule has 0 aliphatic carbocycles. The Balaban J connectivity index is 1.70. The number of pyridine rings is 1. The number of hydrogen-bond donors (Lipinski definition) is 3. The molecule has 0 atom stereocenters. The summed E-state index contributed by atoms with van der Waals surface area (Å²) in [5.74, 6) is -0.711. The first-order valence-electron chi connectivity index (χ1n) is 9.12. The van der Waals surface area contributed by atoms with Gasteiger partial charge in [-0.15, -0.1) is 0 Å². The van der Waals surface area contributed by atoms with Gasteiger partial charge in [0.2, 0.25) is 0 Å². The maximum absolute atomic E-state index is 13.3. The second kappa shape index (κ2) is 7.94. The molecule has 28 heavy (non-hydrogen) atoms. The smallest absolute Gasteiger partial charge is 0.253 e. The largest absolute Gasteiger partial charge is 0.390 e. The van der Waals surface area contributed by atoms with Crippen LogP contribution in [0.15, 0.2) is 53.3 Å². The number of amides is 1. The summed E-state index contributed by atoms with van der Waals surface area (Å²) in [5, 5.41) is 13.3. The van der Waals surface area contributed by atoms with Crippen LogP contribution in [0.2, 0.25) is 0 Å². The summed E-state index contributed by atoms with van der Waals surface area (Å²) in [5.41, 5.74) is 1.13. The summed E-state index contributed by atoms with van der Waals surface area (Å²) >= 11 is 0. The molecule has 0 aliphatic rings. The molecule has 0 aliphatic heterocycles. The summed E-state index contributed by atoms with van der Waals surface area (Å²) in [4.78, 5) is 27.3. The highest BCUT2D eigenvalue weighted by atomic mass is 19.1. The molecule has 0 bridgehead atoms. The zero-order valence-corrected chi connectivity index (χ0v) is 15.9. The van der Waals surface area contributed by atoms with E-state index in [0.29, 0.717) is 34.9 Å². The van der Waals surface area contributed by atoms with E-state index in [9.17, 15) is 19.1 Å². The van der Waals surface area contributed by atoms with Crippen LogP contribution in [-0.4, -0.2) is 21.6 Å². The predicted octanol–water partition coefficient (Wildman–Crippen LogP) is 3.30. The highest BCUT2D eigenvalue weighted by molar-refractivity contribution is 5.94. The number of halogens is 1. The van der Waals surface area contributed by atoms with E-state index in [1.54, 1.807) is 44.2 Å². The summed E-state index contributed by atoms with van der Waals surface area (Å²) in [7, 11) is 0. The molecule has 0 unspecified atom stereocenters. The maximum atomic E-state index is 13.3. The van der Waals surface area contributed by atoms with Crippen molar-refractivity contribution in [3.8, 4) is 0 Å². The second-order valence-corrected chi connectivity index (χ2v) is 7.55. The van der Waals surface area contributed by atoms with Crippen molar-refractivity contribution in [2.24, 2.45) is 0 Å². The number of carbonyl (C=O) groups is 1. The molecule has 0 saturated carbocycles. The molecule has 0 spiro atoms. The van der Waals surface area contributed by atoms with Gasteiger partial charge in [-0.05, 0) is 74.0 Å². The van der Waals surface area contributed by atoms with Crippen molar-refractivity contribution in [1.29, 1.82) is 0 Å². The Morgan fingerprint density at radius 1 is 1.18 bits per heavy atom. The van der Waals surface area contributed by atoms with Gasteiger partial charge in [-0.25, -0.2) is 4.39 Å². The van der Waals surface area contributed by atoms with Crippen molar-refractivity contribution < 1.29 is 14.3 Å². The third-order valence-corrected chi connectivity index (χ3v) is 4.54. The average Bonchev–Trinajstić information content (AvgIpc) is 2.64. The van der Waals surface area contributed by atoms with E-state index < -0.39 is 11.4 Å². The lowest BCUT2D eigenvalue weighted by Gasteiger charge is -2.16. The standard InChI is InChI=1S/C22H23FN2O3/c1-22(2,28)9-8-14-4-3-5-16(10-14)20(26)24-13-17-11-15-6-7-18(23)12-19(15)25-21(17)27/h3-7,10-12,28H,8-9,13H2,1-2H3,(H,24,26)(H,25,27). The molecular weight excluding hydrogens is 359 g/mol. The first kappa shape index (κ1) is 19.8. The summed E-state index contributed by atoms with van der Waals surface area (Å²) < 4.78 is 13.3. The van der Waals surface area contributed by atoms with E-state index in [4.69, 9.17) is 0 Å². The molecule has 3 rings (SSSR count). The molecule has 146 valence electrons. The van der Waals surface area contributed by atoms with Crippen LogP contribution in [-0.2, 0) is 13.0 Å². The first-order chi connectivity index (χ1) is 13.2. The van der Waals surface area contributed by atoms with Gasteiger partial charge in [0, 0.05) is 17.7 Å². The van der Waals surface area contributed by atoms with Gasteiger partial charge < -0.3 is 15.4 Å². The number of aryl methyl sites for hydroxylation is 1.